The predicted octanol–water partition coefficient (Wildman–Crippen LogP) is 13.5. The molecule has 4 heteroatoms. The molecule has 272 valence electrons. The monoisotopic (exact) mass is 732 g/mol. The summed E-state index contributed by atoms with van der Waals surface area (Å²) in [6.07, 6.45) is 0. The number of hydrogen-bond donors (Lipinski definition) is 0. The molecule has 2 aromatic heterocycles. The minimum atomic E-state index is -0.205. The smallest absolute Gasteiger partial charge is 0.164 e. The molecule has 0 saturated carbocycles. The normalized spacial score (nSPS) is 14.2. The van der Waals surface area contributed by atoms with Crippen LogP contribution in [0.25, 0.3) is 94.3 Å². The first-order valence-electron chi connectivity index (χ1n) is 19.8. The summed E-state index contributed by atoms with van der Waals surface area (Å²) in [5, 5.41) is 7.48. The highest BCUT2D eigenvalue weighted by molar-refractivity contribution is 6.26. The van der Waals surface area contributed by atoms with Crippen LogP contribution in [0.2, 0.25) is 0 Å². The first-order chi connectivity index (χ1) is 27.8. The van der Waals surface area contributed by atoms with Crippen molar-refractivity contribution in [3.05, 3.63) is 181 Å². The van der Waals surface area contributed by atoms with Crippen LogP contribution in [-0.4, -0.2) is 19.5 Å². The zero-order chi connectivity index (χ0) is 38.5. The van der Waals surface area contributed by atoms with Gasteiger partial charge in [0.05, 0.1) is 11.0 Å². The Balaban J connectivity index is 1.15. The van der Waals surface area contributed by atoms with E-state index in [2.05, 4.69) is 184 Å². The number of rotatable bonds is 4. The minimum absolute atomic E-state index is 0.130. The van der Waals surface area contributed by atoms with Gasteiger partial charge in [-0.2, -0.15) is 0 Å². The van der Waals surface area contributed by atoms with Gasteiger partial charge in [-0.05, 0) is 85.6 Å². The van der Waals surface area contributed by atoms with E-state index in [1.807, 2.05) is 18.2 Å². The molecule has 0 radical (unpaired) electrons. The second kappa shape index (κ2) is 12.3. The zero-order valence-corrected chi connectivity index (χ0v) is 32.5. The summed E-state index contributed by atoms with van der Waals surface area (Å²) in [5.74, 6) is 1.95. The van der Waals surface area contributed by atoms with Gasteiger partial charge in [-0.25, -0.2) is 15.0 Å². The van der Waals surface area contributed by atoms with E-state index in [9.17, 15) is 0 Å². The van der Waals surface area contributed by atoms with E-state index >= 15 is 0 Å². The van der Waals surface area contributed by atoms with Crippen molar-refractivity contribution >= 4 is 43.4 Å². The van der Waals surface area contributed by atoms with E-state index < -0.39 is 0 Å². The topological polar surface area (TPSA) is 43.6 Å². The van der Waals surface area contributed by atoms with Crippen molar-refractivity contribution in [3.8, 4) is 51.0 Å². The average molecular weight is 733 g/mol. The van der Waals surface area contributed by atoms with Crippen LogP contribution in [0.1, 0.15) is 38.8 Å². The Hall–Kier alpha value is -6.91. The lowest BCUT2D eigenvalue weighted by Gasteiger charge is -2.49. The Morgan fingerprint density at radius 1 is 0.439 bits per heavy atom. The van der Waals surface area contributed by atoms with E-state index in [4.69, 9.17) is 15.0 Å². The lowest BCUT2D eigenvalue weighted by atomic mass is 9.54. The Morgan fingerprint density at radius 2 is 1.00 bits per heavy atom. The van der Waals surface area contributed by atoms with Crippen molar-refractivity contribution < 1.29 is 0 Å². The maximum Gasteiger partial charge on any atom is 0.164 e. The lowest BCUT2D eigenvalue weighted by molar-refractivity contribution is 0.301. The standard InChI is InChI=1S/C53H40N4/c1-52(2)43-24-14-12-22-41(43)45-39-20-10-11-21-40(39)46-42-23-13-15-25-44(42)57(48(46)47(45)53(52,3)4)38-30-28-35(29-31-38)50-54-49(34-17-6-5-7-18-34)55-51(56-50)37-27-26-33-16-8-9-19-36(33)32-37/h5-32H,1-4H3. The Kier molecular flexibility index (Phi) is 7.21. The van der Waals surface area contributed by atoms with Gasteiger partial charge < -0.3 is 4.57 Å². The molecule has 0 fully saturated rings. The van der Waals surface area contributed by atoms with Crippen LogP contribution in [0.3, 0.4) is 0 Å². The molecule has 1 aliphatic carbocycles. The van der Waals surface area contributed by atoms with Crippen LogP contribution < -0.4 is 0 Å². The SMILES string of the molecule is CC1(C)c2ccccc2-c2c(c3c(c4ccccc24)c2ccccc2n3-c2ccc(-c3nc(-c4ccccc4)nc(-c4ccc5ccccc5c4)n3)cc2)C1(C)C. The predicted molar refractivity (Wildman–Crippen MR) is 237 cm³/mol. The largest absolute Gasteiger partial charge is 0.309 e. The third-order valence-electron chi connectivity index (χ3n) is 12.9. The van der Waals surface area contributed by atoms with Crippen LogP contribution in [0.4, 0.5) is 0 Å². The average Bonchev–Trinajstić information content (AvgIpc) is 3.60. The minimum Gasteiger partial charge on any atom is -0.309 e. The summed E-state index contributed by atoms with van der Waals surface area (Å²) in [5.41, 5.74) is 11.5. The van der Waals surface area contributed by atoms with Gasteiger partial charge in [0.15, 0.2) is 17.5 Å². The number of para-hydroxylation sites is 1. The van der Waals surface area contributed by atoms with E-state index in [1.54, 1.807) is 0 Å². The summed E-state index contributed by atoms with van der Waals surface area (Å²) in [6, 6.07) is 60.8. The number of aromatic nitrogens is 4. The van der Waals surface area contributed by atoms with Gasteiger partial charge in [0, 0.05) is 38.6 Å². The van der Waals surface area contributed by atoms with Crippen molar-refractivity contribution in [1.29, 1.82) is 0 Å². The molecule has 0 saturated heterocycles. The van der Waals surface area contributed by atoms with Crippen LogP contribution in [0.5, 0.6) is 0 Å². The van der Waals surface area contributed by atoms with Crippen molar-refractivity contribution in [2.45, 2.75) is 38.5 Å². The molecule has 0 spiro atoms. The summed E-state index contributed by atoms with van der Waals surface area (Å²) in [7, 11) is 0. The van der Waals surface area contributed by atoms with Crippen LogP contribution in [0, 0.1) is 0 Å². The third-order valence-corrected chi connectivity index (χ3v) is 12.9. The number of hydrogen-bond acceptors (Lipinski definition) is 3. The first kappa shape index (κ1) is 33.4. The summed E-state index contributed by atoms with van der Waals surface area (Å²) >= 11 is 0. The van der Waals surface area contributed by atoms with Crippen LogP contribution in [0.15, 0.2) is 170 Å². The van der Waals surface area contributed by atoms with E-state index in [1.165, 1.54) is 60.2 Å². The summed E-state index contributed by atoms with van der Waals surface area (Å²) in [6.45, 7) is 9.73. The first-order valence-corrected chi connectivity index (χ1v) is 19.8. The molecule has 10 aromatic rings. The van der Waals surface area contributed by atoms with Gasteiger partial charge in [-0.15, -0.1) is 0 Å². The molecule has 0 N–H and O–H groups in total. The van der Waals surface area contributed by atoms with Gasteiger partial charge in [-0.3, -0.25) is 0 Å². The quantitative estimate of drug-likeness (QED) is 0.181. The molecule has 0 bridgehead atoms. The highest BCUT2D eigenvalue weighted by atomic mass is 15.0. The van der Waals surface area contributed by atoms with E-state index in [0.717, 1.165) is 27.8 Å². The van der Waals surface area contributed by atoms with Crippen molar-refractivity contribution in [2.24, 2.45) is 0 Å². The molecule has 0 unspecified atom stereocenters. The fourth-order valence-electron chi connectivity index (χ4n) is 9.41. The van der Waals surface area contributed by atoms with E-state index in [-0.39, 0.29) is 10.8 Å². The van der Waals surface area contributed by atoms with E-state index in [0.29, 0.717) is 17.5 Å². The molecule has 1 aliphatic rings. The van der Waals surface area contributed by atoms with Gasteiger partial charge in [0.1, 0.15) is 0 Å². The molecular weight excluding hydrogens is 693 g/mol. The summed E-state index contributed by atoms with van der Waals surface area (Å²) in [4.78, 5) is 15.2. The second-order valence-electron chi connectivity index (χ2n) is 16.4. The molecule has 0 atom stereocenters. The maximum atomic E-state index is 5.12. The second-order valence-corrected chi connectivity index (χ2v) is 16.4. The third kappa shape index (κ3) is 4.90. The lowest BCUT2D eigenvalue weighted by Crippen LogP contribution is -2.44. The molecular formula is C53H40N4. The molecule has 4 nitrogen and oxygen atoms in total. The number of nitrogens with zero attached hydrogens (tertiary/aromatic N) is 4. The molecule has 0 amide bonds. The van der Waals surface area contributed by atoms with Gasteiger partial charge in [0.25, 0.3) is 0 Å². The molecule has 8 aromatic carbocycles. The Morgan fingerprint density at radius 3 is 1.75 bits per heavy atom. The zero-order valence-electron chi connectivity index (χ0n) is 32.5. The number of benzene rings is 8. The fraction of sp³-hybridized carbons (Fsp3) is 0.113. The van der Waals surface area contributed by atoms with Crippen LogP contribution in [-0.2, 0) is 10.8 Å². The maximum absolute atomic E-state index is 5.12. The van der Waals surface area contributed by atoms with Gasteiger partial charge in [0.2, 0.25) is 0 Å². The highest BCUT2D eigenvalue weighted by Gasteiger charge is 2.48. The van der Waals surface area contributed by atoms with Crippen molar-refractivity contribution in [3.63, 3.8) is 0 Å². The molecule has 2 heterocycles. The highest BCUT2D eigenvalue weighted by Crippen LogP contribution is 2.59. The van der Waals surface area contributed by atoms with Gasteiger partial charge in [-0.1, -0.05) is 161 Å². The van der Waals surface area contributed by atoms with Crippen LogP contribution >= 0.6 is 0 Å². The van der Waals surface area contributed by atoms with Crippen molar-refractivity contribution in [1.82, 2.24) is 19.5 Å². The molecule has 11 rings (SSSR count). The fourth-order valence-corrected chi connectivity index (χ4v) is 9.41. The Bertz CT molecular complexity index is 3230. The number of fused-ring (bicyclic) bond motifs is 11. The van der Waals surface area contributed by atoms with Crippen molar-refractivity contribution in [2.75, 3.05) is 0 Å². The summed E-state index contributed by atoms with van der Waals surface area (Å²) < 4.78 is 2.51. The molecule has 57 heavy (non-hydrogen) atoms. The Labute approximate surface area is 332 Å². The molecule has 0 aliphatic heterocycles. The van der Waals surface area contributed by atoms with Gasteiger partial charge >= 0.3 is 0 Å².